The highest BCUT2D eigenvalue weighted by atomic mass is 16.3. The molecule has 1 aromatic carbocycles. The first kappa shape index (κ1) is 15.0. The van der Waals surface area contributed by atoms with Crippen LogP contribution in [0.15, 0.2) is 18.2 Å². The van der Waals surface area contributed by atoms with Crippen LogP contribution in [-0.4, -0.2) is 23.2 Å². The Morgan fingerprint density at radius 1 is 1.40 bits per heavy atom. The molecule has 2 unspecified atom stereocenters. The van der Waals surface area contributed by atoms with Gasteiger partial charge in [-0.05, 0) is 43.7 Å². The quantitative estimate of drug-likeness (QED) is 0.891. The summed E-state index contributed by atoms with van der Waals surface area (Å²) in [5.74, 6) is 0.457. The van der Waals surface area contributed by atoms with Crippen LogP contribution in [0.3, 0.4) is 0 Å². The Kier molecular flexibility index (Phi) is 4.48. The highest BCUT2D eigenvalue weighted by molar-refractivity contribution is 5.97. The zero-order valence-corrected chi connectivity index (χ0v) is 12.7. The molecule has 1 fully saturated rings. The van der Waals surface area contributed by atoms with Gasteiger partial charge in [-0.15, -0.1) is 0 Å². The van der Waals surface area contributed by atoms with Gasteiger partial charge in [0.05, 0.1) is 5.60 Å². The van der Waals surface area contributed by atoms with Gasteiger partial charge in [0, 0.05) is 12.1 Å². The largest absolute Gasteiger partial charge is 0.388 e. The van der Waals surface area contributed by atoms with Crippen LogP contribution in [0.2, 0.25) is 0 Å². The molecular formula is C17H25NO2. The van der Waals surface area contributed by atoms with E-state index < -0.39 is 5.60 Å². The van der Waals surface area contributed by atoms with E-state index in [0.717, 1.165) is 36.0 Å². The molecule has 0 bridgehead atoms. The summed E-state index contributed by atoms with van der Waals surface area (Å²) in [5, 5.41) is 13.5. The summed E-state index contributed by atoms with van der Waals surface area (Å²) in [6.07, 6.45) is 3.77. The minimum Gasteiger partial charge on any atom is -0.388 e. The van der Waals surface area contributed by atoms with Gasteiger partial charge in [-0.2, -0.15) is 0 Å². The molecule has 2 rings (SSSR count). The molecule has 0 aliphatic heterocycles. The zero-order valence-electron chi connectivity index (χ0n) is 12.7. The number of aryl methyl sites for hydroxylation is 2. The Bertz CT molecular complexity index is 478. The summed E-state index contributed by atoms with van der Waals surface area (Å²) in [7, 11) is 0. The van der Waals surface area contributed by atoms with Crippen LogP contribution in [0.1, 0.15) is 54.1 Å². The predicted molar refractivity (Wildman–Crippen MR) is 80.8 cm³/mol. The van der Waals surface area contributed by atoms with Crippen LogP contribution in [0.25, 0.3) is 0 Å². The summed E-state index contributed by atoms with van der Waals surface area (Å²) in [4.78, 5) is 12.3. The predicted octanol–water partition coefficient (Wildman–Crippen LogP) is 2.97. The average molecular weight is 275 g/mol. The van der Waals surface area contributed by atoms with Crippen molar-refractivity contribution >= 4 is 5.91 Å². The molecule has 110 valence electrons. The SMILES string of the molecule is Cc1cccc(C)c1C(=O)NCC1(O)CCCC(C)C1. The van der Waals surface area contributed by atoms with E-state index in [4.69, 9.17) is 0 Å². The Morgan fingerprint density at radius 2 is 2.05 bits per heavy atom. The third-order valence-electron chi connectivity index (χ3n) is 4.35. The van der Waals surface area contributed by atoms with E-state index in [1.54, 1.807) is 0 Å². The monoisotopic (exact) mass is 275 g/mol. The van der Waals surface area contributed by atoms with Crippen molar-refractivity contribution in [1.29, 1.82) is 0 Å². The second kappa shape index (κ2) is 5.96. The van der Waals surface area contributed by atoms with Crippen molar-refractivity contribution in [2.75, 3.05) is 6.54 Å². The van der Waals surface area contributed by atoms with Gasteiger partial charge in [-0.25, -0.2) is 0 Å². The first-order valence-electron chi connectivity index (χ1n) is 7.48. The maximum Gasteiger partial charge on any atom is 0.251 e. The highest BCUT2D eigenvalue weighted by Gasteiger charge is 2.33. The molecule has 0 aromatic heterocycles. The lowest BCUT2D eigenvalue weighted by Crippen LogP contribution is -2.46. The fourth-order valence-electron chi connectivity index (χ4n) is 3.30. The first-order valence-corrected chi connectivity index (χ1v) is 7.48. The molecule has 0 saturated heterocycles. The molecule has 1 saturated carbocycles. The Hall–Kier alpha value is -1.35. The van der Waals surface area contributed by atoms with E-state index in [9.17, 15) is 9.90 Å². The fraction of sp³-hybridized carbons (Fsp3) is 0.588. The normalized spacial score (nSPS) is 26.3. The lowest BCUT2D eigenvalue weighted by molar-refractivity contribution is -0.0109. The Morgan fingerprint density at radius 3 is 2.65 bits per heavy atom. The standard InChI is InChI=1S/C17H25NO2/c1-12-6-5-9-17(20,10-12)11-18-16(19)15-13(2)7-4-8-14(15)3/h4,7-8,12,20H,5-6,9-11H2,1-3H3,(H,18,19). The van der Waals surface area contributed by atoms with Crippen LogP contribution in [0.4, 0.5) is 0 Å². The van der Waals surface area contributed by atoms with E-state index in [1.807, 2.05) is 32.0 Å². The van der Waals surface area contributed by atoms with Gasteiger partial charge in [0.2, 0.25) is 0 Å². The summed E-state index contributed by atoms with van der Waals surface area (Å²) >= 11 is 0. The van der Waals surface area contributed by atoms with Crippen LogP contribution in [0, 0.1) is 19.8 Å². The van der Waals surface area contributed by atoms with Crippen molar-refractivity contribution in [2.45, 2.75) is 52.1 Å². The van der Waals surface area contributed by atoms with Crippen LogP contribution >= 0.6 is 0 Å². The van der Waals surface area contributed by atoms with Gasteiger partial charge in [0.15, 0.2) is 0 Å². The Labute approximate surface area is 121 Å². The molecule has 20 heavy (non-hydrogen) atoms. The molecule has 2 N–H and O–H groups in total. The topological polar surface area (TPSA) is 49.3 Å². The molecule has 0 radical (unpaired) electrons. The number of rotatable bonds is 3. The van der Waals surface area contributed by atoms with E-state index in [1.165, 1.54) is 6.42 Å². The molecule has 3 heteroatoms. The third kappa shape index (κ3) is 3.40. The number of hydrogen-bond acceptors (Lipinski definition) is 2. The maximum absolute atomic E-state index is 12.3. The van der Waals surface area contributed by atoms with Gasteiger partial charge in [0.1, 0.15) is 0 Å². The second-order valence-electron chi connectivity index (χ2n) is 6.38. The molecule has 3 nitrogen and oxygen atoms in total. The smallest absolute Gasteiger partial charge is 0.251 e. The van der Waals surface area contributed by atoms with E-state index in [2.05, 4.69) is 12.2 Å². The molecule has 1 aliphatic carbocycles. The summed E-state index contributed by atoms with van der Waals surface area (Å²) < 4.78 is 0. The van der Waals surface area contributed by atoms with Crippen molar-refractivity contribution in [3.63, 3.8) is 0 Å². The second-order valence-corrected chi connectivity index (χ2v) is 6.38. The molecule has 2 atom stereocenters. The number of amides is 1. The molecule has 0 spiro atoms. The number of benzene rings is 1. The van der Waals surface area contributed by atoms with Gasteiger partial charge in [-0.3, -0.25) is 4.79 Å². The van der Waals surface area contributed by atoms with Crippen LogP contribution in [0.5, 0.6) is 0 Å². The molecule has 1 aromatic rings. The zero-order chi connectivity index (χ0) is 14.8. The van der Waals surface area contributed by atoms with Gasteiger partial charge < -0.3 is 10.4 Å². The highest BCUT2D eigenvalue weighted by Crippen LogP contribution is 2.31. The van der Waals surface area contributed by atoms with Crippen molar-refractivity contribution in [3.8, 4) is 0 Å². The Balaban J connectivity index is 2.02. The lowest BCUT2D eigenvalue weighted by Gasteiger charge is -2.35. The maximum atomic E-state index is 12.3. The summed E-state index contributed by atoms with van der Waals surface area (Å²) in [6, 6.07) is 5.84. The van der Waals surface area contributed by atoms with Gasteiger partial charge in [0.25, 0.3) is 5.91 Å². The minimum atomic E-state index is -0.732. The molecule has 1 amide bonds. The van der Waals surface area contributed by atoms with E-state index in [-0.39, 0.29) is 5.91 Å². The number of carbonyl (C=O) groups excluding carboxylic acids is 1. The fourth-order valence-corrected chi connectivity index (χ4v) is 3.30. The van der Waals surface area contributed by atoms with Crippen LogP contribution < -0.4 is 5.32 Å². The molecule has 0 heterocycles. The third-order valence-corrected chi connectivity index (χ3v) is 4.35. The summed E-state index contributed by atoms with van der Waals surface area (Å²) in [6.45, 7) is 6.40. The lowest BCUT2D eigenvalue weighted by atomic mass is 9.79. The van der Waals surface area contributed by atoms with Crippen molar-refractivity contribution in [2.24, 2.45) is 5.92 Å². The summed E-state index contributed by atoms with van der Waals surface area (Å²) in [5.41, 5.74) is 1.96. The average Bonchev–Trinajstić information content (AvgIpc) is 2.36. The van der Waals surface area contributed by atoms with E-state index >= 15 is 0 Å². The number of nitrogens with one attached hydrogen (secondary N) is 1. The van der Waals surface area contributed by atoms with Crippen LogP contribution in [-0.2, 0) is 0 Å². The number of carbonyl (C=O) groups is 1. The van der Waals surface area contributed by atoms with Gasteiger partial charge in [-0.1, -0.05) is 38.0 Å². The molecule has 1 aliphatic rings. The number of aliphatic hydroxyl groups is 1. The van der Waals surface area contributed by atoms with Crippen molar-refractivity contribution < 1.29 is 9.90 Å². The van der Waals surface area contributed by atoms with E-state index in [0.29, 0.717) is 12.5 Å². The van der Waals surface area contributed by atoms with Gasteiger partial charge >= 0.3 is 0 Å². The number of hydrogen-bond donors (Lipinski definition) is 2. The molecular weight excluding hydrogens is 250 g/mol. The first-order chi connectivity index (χ1) is 9.41. The van der Waals surface area contributed by atoms with Crippen molar-refractivity contribution in [3.05, 3.63) is 34.9 Å². The van der Waals surface area contributed by atoms with Crippen molar-refractivity contribution in [1.82, 2.24) is 5.32 Å². The minimum absolute atomic E-state index is 0.0766.